The Kier molecular flexibility index (Phi) is 8.43. The lowest BCUT2D eigenvalue weighted by Crippen LogP contribution is -2.43. The first-order valence-electron chi connectivity index (χ1n) is 9.13. The van der Waals surface area contributed by atoms with Crippen LogP contribution >= 0.6 is 0 Å². The van der Waals surface area contributed by atoms with E-state index < -0.39 is 10.0 Å². The van der Waals surface area contributed by atoms with Crippen LogP contribution in [0.25, 0.3) is 0 Å². The summed E-state index contributed by atoms with van der Waals surface area (Å²) in [6, 6.07) is 16.5. The molecule has 152 valence electrons. The summed E-state index contributed by atoms with van der Waals surface area (Å²) >= 11 is 0. The maximum absolute atomic E-state index is 12.3. The SMILES string of the molecule is CN=C(NCCNS(=O)(=O)c1ccc(C)cc1)NCC(CO)c1ccccc1. The van der Waals surface area contributed by atoms with Crippen molar-refractivity contribution in [2.75, 3.05) is 33.3 Å². The summed E-state index contributed by atoms with van der Waals surface area (Å²) in [5, 5.41) is 15.8. The normalized spacial score (nSPS) is 13.2. The van der Waals surface area contributed by atoms with Crippen LogP contribution in [0.1, 0.15) is 17.0 Å². The summed E-state index contributed by atoms with van der Waals surface area (Å²) in [4.78, 5) is 4.37. The van der Waals surface area contributed by atoms with Crippen molar-refractivity contribution < 1.29 is 13.5 Å². The van der Waals surface area contributed by atoms with E-state index in [9.17, 15) is 13.5 Å². The Labute approximate surface area is 167 Å². The van der Waals surface area contributed by atoms with Crippen LogP contribution in [-0.4, -0.2) is 52.8 Å². The topological polar surface area (TPSA) is 103 Å². The Morgan fingerprint density at radius 2 is 1.71 bits per heavy atom. The second-order valence-electron chi connectivity index (χ2n) is 6.38. The Morgan fingerprint density at radius 1 is 1.04 bits per heavy atom. The maximum atomic E-state index is 12.3. The van der Waals surface area contributed by atoms with E-state index in [-0.39, 0.29) is 24.0 Å². The number of hydrogen-bond acceptors (Lipinski definition) is 4. The molecule has 2 aromatic rings. The zero-order valence-electron chi connectivity index (χ0n) is 16.2. The molecule has 0 amide bonds. The number of nitrogens with zero attached hydrogens (tertiary/aromatic N) is 1. The van der Waals surface area contributed by atoms with E-state index in [0.29, 0.717) is 19.0 Å². The molecule has 0 aliphatic heterocycles. The number of aliphatic hydroxyl groups is 1. The van der Waals surface area contributed by atoms with Gasteiger partial charge < -0.3 is 15.7 Å². The predicted molar refractivity (Wildman–Crippen MR) is 112 cm³/mol. The molecule has 0 aliphatic carbocycles. The Hall–Kier alpha value is -2.42. The van der Waals surface area contributed by atoms with Crippen LogP contribution in [0.3, 0.4) is 0 Å². The minimum Gasteiger partial charge on any atom is -0.396 e. The molecule has 0 radical (unpaired) electrons. The molecule has 0 aliphatic rings. The van der Waals surface area contributed by atoms with Crippen molar-refractivity contribution >= 4 is 16.0 Å². The first-order chi connectivity index (χ1) is 13.5. The third-order valence-corrected chi connectivity index (χ3v) is 5.75. The molecule has 2 aromatic carbocycles. The highest BCUT2D eigenvalue weighted by atomic mass is 32.2. The summed E-state index contributed by atoms with van der Waals surface area (Å²) in [6.45, 7) is 3.03. The second-order valence-corrected chi connectivity index (χ2v) is 8.15. The number of guanidine groups is 1. The molecule has 1 atom stereocenters. The molecule has 8 heteroatoms. The predicted octanol–water partition coefficient (Wildman–Crippen LogP) is 1.21. The van der Waals surface area contributed by atoms with Crippen molar-refractivity contribution in [1.82, 2.24) is 15.4 Å². The van der Waals surface area contributed by atoms with Gasteiger partial charge in [0, 0.05) is 32.6 Å². The molecule has 4 N–H and O–H groups in total. The molecular weight excluding hydrogens is 376 g/mol. The van der Waals surface area contributed by atoms with Crippen molar-refractivity contribution in [3.05, 3.63) is 65.7 Å². The fourth-order valence-electron chi connectivity index (χ4n) is 2.62. The third-order valence-electron chi connectivity index (χ3n) is 4.27. The van der Waals surface area contributed by atoms with E-state index in [1.807, 2.05) is 37.3 Å². The lowest BCUT2D eigenvalue weighted by atomic mass is 10.0. The first-order valence-corrected chi connectivity index (χ1v) is 10.6. The molecule has 1 unspecified atom stereocenters. The molecule has 0 spiro atoms. The standard InChI is InChI=1S/C20H28N4O3S/c1-16-8-10-19(11-9-16)28(26,27)24-13-12-22-20(21-2)23-14-18(15-25)17-6-4-3-5-7-17/h3-11,18,24-25H,12-15H2,1-2H3,(H2,21,22,23). The van der Waals surface area contributed by atoms with Gasteiger partial charge in [0.2, 0.25) is 10.0 Å². The van der Waals surface area contributed by atoms with Gasteiger partial charge in [-0.2, -0.15) is 0 Å². The van der Waals surface area contributed by atoms with Gasteiger partial charge in [0.1, 0.15) is 0 Å². The van der Waals surface area contributed by atoms with Gasteiger partial charge in [-0.3, -0.25) is 4.99 Å². The van der Waals surface area contributed by atoms with Crippen molar-refractivity contribution in [3.8, 4) is 0 Å². The van der Waals surface area contributed by atoms with Crippen molar-refractivity contribution in [2.24, 2.45) is 4.99 Å². The van der Waals surface area contributed by atoms with E-state index in [2.05, 4.69) is 20.3 Å². The Balaban J connectivity index is 1.78. The lowest BCUT2D eigenvalue weighted by molar-refractivity contribution is 0.265. The van der Waals surface area contributed by atoms with Gasteiger partial charge in [-0.15, -0.1) is 0 Å². The van der Waals surface area contributed by atoms with Gasteiger partial charge in [-0.1, -0.05) is 48.0 Å². The minimum absolute atomic E-state index is 0.0182. The summed E-state index contributed by atoms with van der Waals surface area (Å²) in [5.74, 6) is 0.490. The van der Waals surface area contributed by atoms with E-state index in [1.54, 1.807) is 31.3 Å². The minimum atomic E-state index is -3.53. The van der Waals surface area contributed by atoms with Gasteiger partial charge in [0.25, 0.3) is 0 Å². The number of sulfonamides is 1. The van der Waals surface area contributed by atoms with E-state index in [0.717, 1.165) is 11.1 Å². The fraction of sp³-hybridized carbons (Fsp3) is 0.350. The summed E-state index contributed by atoms with van der Waals surface area (Å²) in [6.07, 6.45) is 0. The second kappa shape index (κ2) is 10.8. The molecule has 0 heterocycles. The maximum Gasteiger partial charge on any atom is 0.240 e. The summed E-state index contributed by atoms with van der Waals surface area (Å²) in [5.41, 5.74) is 2.05. The molecule has 0 fully saturated rings. The zero-order chi connectivity index (χ0) is 20.4. The molecule has 0 aromatic heterocycles. The number of aliphatic hydroxyl groups excluding tert-OH is 1. The quantitative estimate of drug-likeness (QED) is 0.286. The monoisotopic (exact) mass is 404 g/mol. The lowest BCUT2D eigenvalue weighted by Gasteiger charge is -2.18. The van der Waals surface area contributed by atoms with E-state index >= 15 is 0 Å². The highest BCUT2D eigenvalue weighted by molar-refractivity contribution is 7.89. The van der Waals surface area contributed by atoms with Crippen molar-refractivity contribution in [2.45, 2.75) is 17.7 Å². The van der Waals surface area contributed by atoms with Crippen LogP contribution in [0.5, 0.6) is 0 Å². The van der Waals surface area contributed by atoms with Crippen LogP contribution < -0.4 is 15.4 Å². The highest BCUT2D eigenvalue weighted by Gasteiger charge is 2.13. The Bertz CT molecular complexity index is 853. The van der Waals surface area contributed by atoms with Gasteiger partial charge in [-0.05, 0) is 24.6 Å². The van der Waals surface area contributed by atoms with Gasteiger partial charge >= 0.3 is 0 Å². The van der Waals surface area contributed by atoms with E-state index in [4.69, 9.17) is 0 Å². The van der Waals surface area contributed by atoms with Crippen molar-refractivity contribution in [3.63, 3.8) is 0 Å². The molecule has 0 saturated carbocycles. The summed E-state index contributed by atoms with van der Waals surface area (Å²) < 4.78 is 27.1. The molecule has 0 bridgehead atoms. The number of benzene rings is 2. The number of aryl methyl sites for hydroxylation is 1. The van der Waals surface area contributed by atoms with Crippen LogP contribution in [0.4, 0.5) is 0 Å². The van der Waals surface area contributed by atoms with Crippen LogP contribution in [0, 0.1) is 6.92 Å². The van der Waals surface area contributed by atoms with Gasteiger partial charge in [0.05, 0.1) is 11.5 Å². The van der Waals surface area contributed by atoms with E-state index in [1.165, 1.54) is 0 Å². The van der Waals surface area contributed by atoms with Crippen LogP contribution in [-0.2, 0) is 10.0 Å². The molecule has 2 rings (SSSR count). The number of nitrogens with one attached hydrogen (secondary N) is 3. The van der Waals surface area contributed by atoms with Gasteiger partial charge in [-0.25, -0.2) is 13.1 Å². The third kappa shape index (κ3) is 6.63. The van der Waals surface area contributed by atoms with Gasteiger partial charge in [0.15, 0.2) is 5.96 Å². The average Bonchev–Trinajstić information content (AvgIpc) is 2.71. The molecular formula is C20H28N4O3S. The number of hydrogen-bond donors (Lipinski definition) is 4. The van der Waals surface area contributed by atoms with Crippen LogP contribution in [0.2, 0.25) is 0 Å². The largest absolute Gasteiger partial charge is 0.396 e. The molecule has 7 nitrogen and oxygen atoms in total. The van der Waals surface area contributed by atoms with Crippen LogP contribution in [0.15, 0.2) is 64.5 Å². The fourth-order valence-corrected chi connectivity index (χ4v) is 3.65. The summed E-state index contributed by atoms with van der Waals surface area (Å²) in [7, 11) is -1.89. The number of rotatable bonds is 9. The Morgan fingerprint density at radius 3 is 2.32 bits per heavy atom. The highest BCUT2D eigenvalue weighted by Crippen LogP contribution is 2.13. The zero-order valence-corrected chi connectivity index (χ0v) is 17.0. The number of aliphatic imine (C=N–C) groups is 1. The molecule has 28 heavy (non-hydrogen) atoms. The first kappa shape index (κ1) is 21.9. The average molecular weight is 405 g/mol. The smallest absolute Gasteiger partial charge is 0.240 e. The van der Waals surface area contributed by atoms with Crippen molar-refractivity contribution in [1.29, 1.82) is 0 Å². The molecule has 0 saturated heterocycles.